The van der Waals surface area contributed by atoms with Gasteiger partial charge in [-0.25, -0.2) is 0 Å². The summed E-state index contributed by atoms with van der Waals surface area (Å²) in [6.07, 6.45) is 11.4. The summed E-state index contributed by atoms with van der Waals surface area (Å²) in [5, 5.41) is 32.0. The quantitative estimate of drug-likeness (QED) is 0.0286. The molecule has 110 heavy (non-hydrogen) atoms. The van der Waals surface area contributed by atoms with Crippen LogP contribution in [-0.2, 0) is 29.4 Å². The molecule has 0 unspecified atom stereocenters. The van der Waals surface area contributed by atoms with Gasteiger partial charge in [-0.1, -0.05) is 172 Å². The van der Waals surface area contributed by atoms with Crippen LogP contribution in [0.3, 0.4) is 0 Å². The molecule has 576 valence electrons. The molecule has 4 aliphatic heterocycles. The Kier molecular flexibility index (Phi) is 25.9. The van der Waals surface area contributed by atoms with Crippen LogP contribution in [0.15, 0.2) is 183 Å². The Balaban J connectivity index is 0.000000145. The summed E-state index contributed by atoms with van der Waals surface area (Å²) < 4.78 is 22.1. The highest BCUT2D eigenvalue weighted by molar-refractivity contribution is 9.10. The maximum absolute atomic E-state index is 14.1. The van der Waals surface area contributed by atoms with Gasteiger partial charge in [0, 0.05) is 126 Å². The Bertz CT molecular complexity index is 5140. The van der Waals surface area contributed by atoms with Gasteiger partial charge in [-0.05, 0) is 160 Å². The van der Waals surface area contributed by atoms with Crippen LogP contribution in [0, 0.1) is 13.8 Å². The number of halogens is 1. The van der Waals surface area contributed by atoms with Gasteiger partial charge in [0.2, 0.25) is 0 Å². The third-order valence-corrected chi connectivity index (χ3v) is 25.2. The Labute approximate surface area is 656 Å². The molecule has 5 aromatic heterocycles. The van der Waals surface area contributed by atoms with Gasteiger partial charge in [0.05, 0.1) is 16.9 Å². The lowest BCUT2D eigenvalue weighted by atomic mass is 9.80. The van der Waals surface area contributed by atoms with Gasteiger partial charge in [0.15, 0.2) is 11.3 Å². The lowest BCUT2D eigenvalue weighted by molar-refractivity contribution is 0.0874. The summed E-state index contributed by atoms with van der Waals surface area (Å²) in [6.45, 7) is 28.2. The zero-order chi connectivity index (χ0) is 78.0. The lowest BCUT2D eigenvalue weighted by Gasteiger charge is -2.30. The van der Waals surface area contributed by atoms with E-state index in [1.165, 1.54) is 32.1 Å². The topological polar surface area (TPSA) is 260 Å². The van der Waals surface area contributed by atoms with Crippen molar-refractivity contribution in [3.8, 4) is 44.9 Å². The molecular weight excluding hydrogens is 1480 g/mol. The second-order valence-corrected chi connectivity index (χ2v) is 43.6. The maximum atomic E-state index is 14.1. The molecule has 6 aromatic carbocycles. The SMILES string of the molecule is CC1=C(c2ccc(N)cc2)C(=O)n2nc(-c3ccccc3)c(N3CCCCC3)c2C1.Cc1c(-c2ccc(N)cc2)c(=O)n2nc(-c3ccccc3)c(N3CCCCC3)c2n1COCC[Si](C)(C)C.Cc1c(Br)c(=O)n2nc(-c3ccccc3)c(N3CCCCC3)c2n1COCC[Si](C)(C)C.Nc1ccc(B(O)O)cc1. The van der Waals surface area contributed by atoms with E-state index in [4.69, 9.17) is 52.0 Å². The van der Waals surface area contributed by atoms with Gasteiger partial charge in [0.25, 0.3) is 17.0 Å². The second kappa shape index (κ2) is 35.6. The number of hydrogen-bond acceptors (Lipinski definition) is 16. The Morgan fingerprint density at radius 1 is 0.455 bits per heavy atom. The van der Waals surface area contributed by atoms with Crippen molar-refractivity contribution in [2.75, 3.05) is 84.4 Å². The number of ether oxygens (including phenoxy) is 2. The van der Waals surface area contributed by atoms with E-state index in [1.54, 1.807) is 38.0 Å². The minimum absolute atomic E-state index is 0.0565. The molecule has 9 heterocycles. The molecule has 15 rings (SSSR count). The number of fused-ring (bicyclic) bond motifs is 3. The summed E-state index contributed by atoms with van der Waals surface area (Å²) in [6, 6.07) is 54.2. The molecule has 0 radical (unpaired) electrons. The van der Waals surface area contributed by atoms with Crippen LogP contribution in [0.25, 0.3) is 61.8 Å². The molecule has 0 aliphatic carbocycles. The highest BCUT2D eigenvalue weighted by Gasteiger charge is 2.35. The molecular formula is C85H106BBrN14O7Si2. The van der Waals surface area contributed by atoms with Gasteiger partial charge in [-0.2, -0.15) is 29.0 Å². The number of nitrogen functional groups attached to an aromatic ring is 3. The van der Waals surface area contributed by atoms with Crippen molar-refractivity contribution in [3.63, 3.8) is 0 Å². The van der Waals surface area contributed by atoms with Gasteiger partial charge < -0.3 is 60.6 Å². The first-order chi connectivity index (χ1) is 52.8. The standard InChI is InChI=1S/C30H39N5O2Si.C25H26N4O.C24H33BrN4O2Si.C6H8BNO2/c1-22-26(23-13-15-25(31)16-14-23)30(36)35-29(34(22)21-37-19-20-38(2,3)4)28(33-17-9-6-10-18-33)27(32-35)24-11-7-5-8-12-24;1-17-16-21-24(28-14-6-3-7-15-28)23(19-8-4-2-5-9-19)27-29(21)25(30)22(17)18-10-12-20(26)13-11-18;1-18-20(25)24(30)29-23(28(18)17-31-15-16-32(2,3)4)22(27-13-9-6-10-14-27)21(26-29)19-11-7-5-8-12-19;8-6-3-1-5(2-4-6)7(9)10/h5,7-8,11-16H,6,9-10,17-21,31H2,1-4H3;2,4-5,8-13H,3,6-7,14-16,26H2,1H3;5,7-8,11-12H,6,9-10,13-17H2,1-4H3;1-4,9-10H,8H2. The molecule has 3 saturated heterocycles. The van der Waals surface area contributed by atoms with E-state index in [0.29, 0.717) is 52.6 Å². The van der Waals surface area contributed by atoms with E-state index in [1.807, 2.05) is 117 Å². The molecule has 11 aromatic rings. The zero-order valence-corrected chi connectivity index (χ0v) is 68.8. The van der Waals surface area contributed by atoms with Crippen molar-refractivity contribution in [2.45, 2.75) is 150 Å². The van der Waals surface area contributed by atoms with Crippen LogP contribution < -0.4 is 48.5 Å². The number of anilines is 6. The monoisotopic (exact) mass is 1580 g/mol. The third kappa shape index (κ3) is 18.5. The summed E-state index contributed by atoms with van der Waals surface area (Å²) >= 11 is 3.52. The summed E-state index contributed by atoms with van der Waals surface area (Å²) in [4.78, 5) is 48.2. The predicted octanol–water partition coefficient (Wildman–Crippen LogP) is 15.3. The number of carbonyl (C=O) groups excluding carboxylic acids is 1. The first-order valence-electron chi connectivity index (χ1n) is 38.7. The number of hydrogen-bond donors (Lipinski definition) is 5. The fraction of sp³-hybridized carbons (Fsp3) is 0.365. The minimum atomic E-state index is -1.40. The number of rotatable bonds is 19. The molecule has 0 saturated carbocycles. The van der Waals surface area contributed by atoms with Gasteiger partial charge in [-0.3, -0.25) is 14.4 Å². The third-order valence-electron chi connectivity index (χ3n) is 20.9. The fourth-order valence-electron chi connectivity index (χ4n) is 14.7. The Hall–Kier alpha value is -9.60. The highest BCUT2D eigenvalue weighted by atomic mass is 79.9. The fourth-order valence-corrected chi connectivity index (χ4v) is 16.6. The van der Waals surface area contributed by atoms with Crippen molar-refractivity contribution in [1.82, 2.24) is 38.1 Å². The average Bonchev–Trinajstić information content (AvgIpc) is 1.58. The van der Waals surface area contributed by atoms with Gasteiger partial charge in [0.1, 0.15) is 46.4 Å². The molecule has 3 fully saturated rings. The van der Waals surface area contributed by atoms with Crippen LogP contribution >= 0.6 is 15.9 Å². The first kappa shape index (κ1) is 79.9. The number of nitrogens with two attached hydrogens (primary N) is 3. The van der Waals surface area contributed by atoms with E-state index in [2.05, 4.69) is 122 Å². The van der Waals surface area contributed by atoms with E-state index >= 15 is 0 Å². The number of benzene rings is 6. The van der Waals surface area contributed by atoms with Crippen molar-refractivity contribution in [1.29, 1.82) is 0 Å². The molecule has 0 amide bonds. The molecule has 21 nitrogen and oxygen atoms in total. The molecule has 25 heteroatoms. The molecule has 0 spiro atoms. The molecule has 0 bridgehead atoms. The number of aromatic nitrogens is 8. The second-order valence-electron chi connectivity index (χ2n) is 31.6. The van der Waals surface area contributed by atoms with E-state index in [9.17, 15) is 14.4 Å². The Morgan fingerprint density at radius 3 is 1.24 bits per heavy atom. The summed E-state index contributed by atoms with van der Waals surface area (Å²) in [5.74, 6) is -0.0565. The zero-order valence-electron chi connectivity index (χ0n) is 65.2. The van der Waals surface area contributed by atoms with Crippen LogP contribution in [-0.4, -0.2) is 130 Å². The molecule has 8 N–H and O–H groups in total. The van der Waals surface area contributed by atoms with Crippen LogP contribution in [0.5, 0.6) is 0 Å². The van der Waals surface area contributed by atoms with Gasteiger partial charge in [-0.15, -0.1) is 0 Å². The van der Waals surface area contributed by atoms with Gasteiger partial charge >= 0.3 is 7.12 Å². The molecule has 0 atom stereocenters. The van der Waals surface area contributed by atoms with Crippen molar-refractivity contribution >= 4 is 102 Å². The average molecular weight is 1580 g/mol. The van der Waals surface area contributed by atoms with Crippen LogP contribution in [0.2, 0.25) is 51.4 Å². The molecule has 4 aliphatic rings. The normalized spacial score (nSPS) is 14.7. The lowest BCUT2D eigenvalue weighted by Crippen LogP contribution is -2.31. The van der Waals surface area contributed by atoms with E-state index < -0.39 is 23.3 Å². The maximum Gasteiger partial charge on any atom is 0.488 e. The minimum Gasteiger partial charge on any atom is -0.423 e. The smallest absolute Gasteiger partial charge is 0.423 e. The van der Waals surface area contributed by atoms with Crippen LogP contribution in [0.1, 0.15) is 92.2 Å². The van der Waals surface area contributed by atoms with Crippen LogP contribution in [0.4, 0.5) is 34.1 Å². The summed E-state index contributed by atoms with van der Waals surface area (Å²) in [7, 11) is -3.82. The van der Waals surface area contributed by atoms with E-state index in [-0.39, 0.29) is 17.0 Å². The Morgan fingerprint density at radius 2 is 0.827 bits per heavy atom. The van der Waals surface area contributed by atoms with Crippen molar-refractivity contribution < 1.29 is 24.3 Å². The number of carbonyl (C=O) groups is 1. The first-order valence-corrected chi connectivity index (χ1v) is 46.9. The van der Waals surface area contributed by atoms with Crippen molar-refractivity contribution in [3.05, 3.63) is 217 Å². The number of allylic oxidation sites excluding steroid dienone is 2. The predicted molar refractivity (Wildman–Crippen MR) is 459 cm³/mol. The van der Waals surface area contributed by atoms with E-state index in [0.717, 1.165) is 192 Å². The number of nitrogens with zero attached hydrogens (tertiary/aromatic N) is 11. The highest BCUT2D eigenvalue weighted by Crippen LogP contribution is 2.43. The summed E-state index contributed by atoms with van der Waals surface area (Å²) in [5.41, 5.74) is 36.8. The van der Waals surface area contributed by atoms with Crippen molar-refractivity contribution in [2.24, 2.45) is 0 Å². The number of piperidine rings is 3. The largest absolute Gasteiger partial charge is 0.488 e.